The van der Waals surface area contributed by atoms with Gasteiger partial charge in [-0.1, -0.05) is 6.92 Å². The molecule has 2 fully saturated rings. The van der Waals surface area contributed by atoms with Gasteiger partial charge >= 0.3 is 0 Å². The van der Waals surface area contributed by atoms with Gasteiger partial charge in [-0.15, -0.1) is 0 Å². The number of nitrogens with zero attached hydrogens (tertiary/aromatic N) is 3. The van der Waals surface area contributed by atoms with E-state index in [0.29, 0.717) is 6.04 Å². The van der Waals surface area contributed by atoms with Gasteiger partial charge in [-0.05, 0) is 38.1 Å². The third-order valence-electron chi connectivity index (χ3n) is 4.80. The Kier molecular flexibility index (Phi) is 4.80. The lowest BCUT2D eigenvalue weighted by molar-refractivity contribution is 0.190. The van der Waals surface area contributed by atoms with E-state index in [9.17, 15) is 0 Å². The van der Waals surface area contributed by atoms with Crippen LogP contribution in [0.15, 0.2) is 6.20 Å². The summed E-state index contributed by atoms with van der Waals surface area (Å²) in [6.45, 7) is 7.42. The number of nitrogens with one attached hydrogen (secondary N) is 1. The molecule has 2 saturated heterocycles. The van der Waals surface area contributed by atoms with E-state index >= 15 is 0 Å². The lowest BCUT2D eigenvalue weighted by Gasteiger charge is -2.24. The fourth-order valence-corrected chi connectivity index (χ4v) is 3.64. The molecule has 0 aliphatic carbocycles. The average Bonchev–Trinajstić information content (AvgIpc) is 3.10. The van der Waals surface area contributed by atoms with Crippen LogP contribution in [-0.4, -0.2) is 48.9 Å². The molecule has 1 N–H and O–H groups in total. The quantitative estimate of drug-likeness (QED) is 0.810. The first-order chi connectivity index (χ1) is 10.3. The third kappa shape index (κ3) is 3.24. The second kappa shape index (κ2) is 6.79. The van der Waals surface area contributed by atoms with Gasteiger partial charge in [0.2, 0.25) is 5.95 Å². The van der Waals surface area contributed by atoms with E-state index in [1.807, 2.05) is 0 Å². The zero-order valence-electron chi connectivity index (χ0n) is 13.3. The number of imidazole rings is 1. The minimum absolute atomic E-state index is 0.660. The van der Waals surface area contributed by atoms with Crippen LogP contribution in [0.1, 0.15) is 31.9 Å². The first-order valence-electron chi connectivity index (χ1n) is 8.35. The second-order valence-electron chi connectivity index (χ2n) is 6.29. The molecule has 2 aliphatic heterocycles. The predicted octanol–water partition coefficient (Wildman–Crippen LogP) is 1.67. The summed E-state index contributed by atoms with van der Waals surface area (Å²) >= 11 is 0. The maximum atomic E-state index is 5.18. The highest BCUT2D eigenvalue weighted by atomic mass is 16.5. The average molecular weight is 292 g/mol. The molecule has 0 aromatic carbocycles. The van der Waals surface area contributed by atoms with Crippen LogP contribution in [0.3, 0.4) is 0 Å². The molecule has 0 bridgehead atoms. The molecule has 2 unspecified atom stereocenters. The standard InChI is InChI=1S/C16H28N4O/c1-3-14-11-19(8-5-9-21-2)16(18-14)20-10-13-6-4-7-17-15(13)12-20/h11,13,15,17H,3-10,12H2,1-2H3. The summed E-state index contributed by atoms with van der Waals surface area (Å²) in [7, 11) is 1.77. The van der Waals surface area contributed by atoms with Crippen molar-refractivity contribution in [2.45, 2.75) is 45.2 Å². The summed E-state index contributed by atoms with van der Waals surface area (Å²) in [6.07, 6.45) is 6.95. The summed E-state index contributed by atoms with van der Waals surface area (Å²) < 4.78 is 7.51. The van der Waals surface area contributed by atoms with Gasteiger partial charge in [-0.3, -0.25) is 0 Å². The van der Waals surface area contributed by atoms with Crippen LogP contribution in [0.25, 0.3) is 0 Å². The SMILES string of the molecule is CCc1cn(CCCOC)c(N2CC3CCCNC3C2)n1. The lowest BCUT2D eigenvalue weighted by Crippen LogP contribution is -2.40. The van der Waals surface area contributed by atoms with Crippen molar-refractivity contribution in [3.63, 3.8) is 0 Å². The molecule has 21 heavy (non-hydrogen) atoms. The Balaban J connectivity index is 1.72. The van der Waals surface area contributed by atoms with Gasteiger partial charge in [-0.25, -0.2) is 4.98 Å². The highest BCUT2D eigenvalue weighted by Crippen LogP contribution is 2.29. The number of aryl methyl sites for hydroxylation is 2. The van der Waals surface area contributed by atoms with Crippen LogP contribution in [0.2, 0.25) is 0 Å². The van der Waals surface area contributed by atoms with Gasteiger partial charge in [0.05, 0.1) is 5.69 Å². The Morgan fingerprint density at radius 3 is 3.10 bits per heavy atom. The summed E-state index contributed by atoms with van der Waals surface area (Å²) in [5.41, 5.74) is 1.20. The molecule has 5 heteroatoms. The number of anilines is 1. The Hall–Kier alpha value is -1.07. The normalized spacial score (nSPS) is 25.3. The molecule has 2 aliphatic rings. The van der Waals surface area contributed by atoms with Crippen molar-refractivity contribution in [3.8, 4) is 0 Å². The molecule has 5 nitrogen and oxygen atoms in total. The Bertz CT molecular complexity index is 445. The first kappa shape index (κ1) is 14.9. The number of rotatable bonds is 6. The van der Waals surface area contributed by atoms with Crippen molar-refractivity contribution < 1.29 is 4.74 Å². The minimum atomic E-state index is 0.660. The Morgan fingerprint density at radius 2 is 2.33 bits per heavy atom. The molecule has 1 aromatic rings. The van der Waals surface area contributed by atoms with E-state index < -0.39 is 0 Å². The number of methoxy groups -OCH3 is 1. The molecular weight excluding hydrogens is 264 g/mol. The summed E-state index contributed by atoms with van der Waals surface area (Å²) in [6, 6.07) is 0.660. The van der Waals surface area contributed by atoms with Crippen LogP contribution in [0.4, 0.5) is 5.95 Å². The number of hydrogen-bond donors (Lipinski definition) is 1. The number of piperidine rings is 1. The second-order valence-corrected chi connectivity index (χ2v) is 6.29. The molecule has 118 valence electrons. The molecule has 3 heterocycles. The summed E-state index contributed by atoms with van der Waals surface area (Å²) in [4.78, 5) is 7.35. The Morgan fingerprint density at radius 1 is 1.43 bits per heavy atom. The molecule has 2 atom stereocenters. The zero-order chi connectivity index (χ0) is 14.7. The van der Waals surface area contributed by atoms with Gasteiger partial charge in [0, 0.05) is 45.6 Å². The first-order valence-corrected chi connectivity index (χ1v) is 8.35. The van der Waals surface area contributed by atoms with Crippen LogP contribution in [-0.2, 0) is 17.7 Å². The Labute approximate surface area is 127 Å². The van der Waals surface area contributed by atoms with Gasteiger partial charge in [-0.2, -0.15) is 0 Å². The van der Waals surface area contributed by atoms with Gasteiger partial charge < -0.3 is 19.5 Å². The van der Waals surface area contributed by atoms with Gasteiger partial charge in [0.15, 0.2) is 0 Å². The largest absolute Gasteiger partial charge is 0.385 e. The monoisotopic (exact) mass is 292 g/mol. The van der Waals surface area contributed by atoms with Gasteiger partial charge in [0.1, 0.15) is 0 Å². The van der Waals surface area contributed by atoms with Crippen molar-refractivity contribution in [2.75, 3.05) is 38.3 Å². The zero-order valence-corrected chi connectivity index (χ0v) is 13.3. The number of aromatic nitrogens is 2. The van der Waals surface area contributed by atoms with Crippen molar-refractivity contribution >= 4 is 5.95 Å². The van der Waals surface area contributed by atoms with Crippen LogP contribution in [0.5, 0.6) is 0 Å². The molecule has 0 spiro atoms. The van der Waals surface area contributed by atoms with E-state index in [-0.39, 0.29) is 0 Å². The van der Waals surface area contributed by atoms with Crippen LogP contribution in [0, 0.1) is 5.92 Å². The van der Waals surface area contributed by atoms with Crippen molar-refractivity contribution in [1.29, 1.82) is 0 Å². The van der Waals surface area contributed by atoms with E-state index in [2.05, 4.69) is 27.9 Å². The molecule has 3 rings (SSSR count). The van der Waals surface area contributed by atoms with Gasteiger partial charge in [0.25, 0.3) is 0 Å². The van der Waals surface area contributed by atoms with E-state index in [1.54, 1.807) is 7.11 Å². The highest BCUT2D eigenvalue weighted by Gasteiger charge is 2.35. The van der Waals surface area contributed by atoms with Crippen molar-refractivity contribution in [2.24, 2.45) is 5.92 Å². The fourth-order valence-electron chi connectivity index (χ4n) is 3.64. The fraction of sp³-hybridized carbons (Fsp3) is 0.812. The number of ether oxygens (including phenoxy) is 1. The predicted molar refractivity (Wildman–Crippen MR) is 84.8 cm³/mol. The van der Waals surface area contributed by atoms with E-state index in [4.69, 9.17) is 9.72 Å². The van der Waals surface area contributed by atoms with Crippen LogP contribution < -0.4 is 10.2 Å². The molecule has 0 amide bonds. The highest BCUT2D eigenvalue weighted by molar-refractivity contribution is 5.36. The summed E-state index contributed by atoms with van der Waals surface area (Å²) in [5, 5.41) is 3.67. The summed E-state index contributed by atoms with van der Waals surface area (Å²) in [5.74, 6) is 1.96. The third-order valence-corrected chi connectivity index (χ3v) is 4.80. The maximum Gasteiger partial charge on any atom is 0.205 e. The molecule has 0 saturated carbocycles. The topological polar surface area (TPSA) is 42.3 Å². The molecular formula is C16H28N4O. The number of fused-ring (bicyclic) bond motifs is 1. The minimum Gasteiger partial charge on any atom is -0.385 e. The van der Waals surface area contributed by atoms with E-state index in [0.717, 1.165) is 45.0 Å². The number of hydrogen-bond acceptors (Lipinski definition) is 4. The van der Waals surface area contributed by atoms with Crippen molar-refractivity contribution in [1.82, 2.24) is 14.9 Å². The molecule has 1 aromatic heterocycles. The lowest BCUT2D eigenvalue weighted by atomic mass is 9.94. The maximum absolute atomic E-state index is 5.18. The smallest absolute Gasteiger partial charge is 0.205 e. The molecule has 0 radical (unpaired) electrons. The van der Waals surface area contributed by atoms with Crippen LogP contribution >= 0.6 is 0 Å². The van der Waals surface area contributed by atoms with E-state index in [1.165, 1.54) is 31.0 Å². The van der Waals surface area contributed by atoms with Crippen molar-refractivity contribution in [3.05, 3.63) is 11.9 Å².